The van der Waals surface area contributed by atoms with E-state index in [-0.39, 0.29) is 12.3 Å². The molecule has 158 valence electrons. The van der Waals surface area contributed by atoms with Crippen LogP contribution in [0.3, 0.4) is 0 Å². The molecule has 3 aromatic rings. The van der Waals surface area contributed by atoms with Crippen molar-refractivity contribution in [3.8, 4) is 0 Å². The number of hydrogen-bond donors (Lipinski definition) is 2. The first kappa shape index (κ1) is 20.5. The van der Waals surface area contributed by atoms with Crippen LogP contribution in [0.1, 0.15) is 40.9 Å². The SMILES string of the molecule is O=C1CN=CNc2c1ncn2CCCCC(C(=O)O)(c1ccccc1)c1ccccc1. The van der Waals surface area contributed by atoms with E-state index in [1.165, 1.54) is 6.34 Å². The van der Waals surface area contributed by atoms with Crippen molar-refractivity contribution >= 4 is 23.9 Å². The summed E-state index contributed by atoms with van der Waals surface area (Å²) in [4.78, 5) is 32.9. The number of benzene rings is 2. The smallest absolute Gasteiger partial charge is 0.318 e. The maximum atomic E-state index is 12.6. The molecule has 0 saturated heterocycles. The fourth-order valence-corrected chi connectivity index (χ4v) is 4.14. The van der Waals surface area contributed by atoms with Gasteiger partial charge in [-0.15, -0.1) is 0 Å². The number of Topliss-reactive ketones (excluding diaryl/α,β-unsaturated/α-hetero) is 1. The molecule has 31 heavy (non-hydrogen) atoms. The molecule has 2 N–H and O–H groups in total. The lowest BCUT2D eigenvalue weighted by Crippen LogP contribution is -2.37. The van der Waals surface area contributed by atoms with Crippen molar-refractivity contribution in [1.82, 2.24) is 9.55 Å². The van der Waals surface area contributed by atoms with Crippen LogP contribution in [-0.4, -0.2) is 39.3 Å². The first-order chi connectivity index (χ1) is 15.1. The average Bonchev–Trinajstić information content (AvgIpc) is 3.11. The number of rotatable bonds is 8. The van der Waals surface area contributed by atoms with Crippen LogP contribution in [0.5, 0.6) is 0 Å². The van der Waals surface area contributed by atoms with Crippen LogP contribution in [0, 0.1) is 0 Å². The Bertz CT molecular complexity index is 1050. The summed E-state index contributed by atoms with van der Waals surface area (Å²) in [6.45, 7) is 0.710. The van der Waals surface area contributed by atoms with Crippen molar-refractivity contribution in [2.24, 2.45) is 4.99 Å². The van der Waals surface area contributed by atoms with Crippen molar-refractivity contribution in [1.29, 1.82) is 0 Å². The number of fused-ring (bicyclic) bond motifs is 1. The molecule has 0 amide bonds. The Hall–Kier alpha value is -3.74. The van der Waals surface area contributed by atoms with Crippen LogP contribution in [0.2, 0.25) is 0 Å². The van der Waals surface area contributed by atoms with Gasteiger partial charge in [0.2, 0.25) is 5.78 Å². The number of hydrogen-bond acceptors (Lipinski definition) is 5. The van der Waals surface area contributed by atoms with Gasteiger partial charge < -0.3 is 15.0 Å². The normalized spacial score (nSPS) is 13.4. The molecule has 4 rings (SSSR count). The van der Waals surface area contributed by atoms with E-state index in [4.69, 9.17) is 0 Å². The molecule has 1 aromatic heterocycles. The van der Waals surface area contributed by atoms with Crippen LogP contribution in [0.4, 0.5) is 5.82 Å². The van der Waals surface area contributed by atoms with E-state index >= 15 is 0 Å². The zero-order valence-corrected chi connectivity index (χ0v) is 17.1. The Morgan fingerprint density at radius 3 is 2.29 bits per heavy atom. The second kappa shape index (κ2) is 8.95. The summed E-state index contributed by atoms with van der Waals surface area (Å²) >= 11 is 0. The second-order valence-corrected chi connectivity index (χ2v) is 7.57. The molecule has 0 saturated carbocycles. The number of aliphatic imine (C=N–C) groups is 1. The molecule has 2 aromatic carbocycles. The summed E-state index contributed by atoms with van der Waals surface area (Å²) in [7, 11) is 0. The standard InChI is InChI=1S/C24H24N4O3/c29-20-15-25-16-26-22-21(20)27-17-28(22)14-8-7-13-24(23(30)31,18-9-3-1-4-10-18)19-11-5-2-6-12-19/h1-6,9-12,16-17H,7-8,13-15H2,(H,25,26)(H,30,31). The number of ketones is 1. The van der Waals surface area contributed by atoms with Crippen LogP contribution < -0.4 is 5.32 Å². The monoisotopic (exact) mass is 416 g/mol. The van der Waals surface area contributed by atoms with Crippen molar-refractivity contribution in [2.75, 3.05) is 11.9 Å². The lowest BCUT2D eigenvalue weighted by Gasteiger charge is -2.31. The molecular weight excluding hydrogens is 392 g/mol. The Labute approximate surface area is 180 Å². The zero-order chi connectivity index (χ0) is 21.7. The highest BCUT2D eigenvalue weighted by atomic mass is 16.4. The number of carbonyl (C=O) groups is 2. The number of nitrogens with one attached hydrogen (secondary N) is 1. The summed E-state index contributed by atoms with van der Waals surface area (Å²) in [5, 5.41) is 13.4. The first-order valence-corrected chi connectivity index (χ1v) is 10.3. The van der Waals surface area contributed by atoms with Crippen LogP contribution in [-0.2, 0) is 16.8 Å². The fraction of sp³-hybridized carbons (Fsp3) is 0.250. The number of nitrogens with zero attached hydrogens (tertiary/aromatic N) is 3. The van der Waals surface area contributed by atoms with Gasteiger partial charge in [0.15, 0.2) is 5.69 Å². The van der Waals surface area contributed by atoms with Gasteiger partial charge >= 0.3 is 5.97 Å². The highest BCUT2D eigenvalue weighted by Gasteiger charge is 2.41. The molecule has 0 fully saturated rings. The van der Waals surface area contributed by atoms with Gasteiger partial charge in [-0.2, -0.15) is 0 Å². The van der Waals surface area contributed by atoms with E-state index in [1.807, 2.05) is 65.2 Å². The van der Waals surface area contributed by atoms with E-state index in [9.17, 15) is 14.7 Å². The lowest BCUT2D eigenvalue weighted by atomic mass is 9.71. The molecule has 0 bridgehead atoms. The third-order valence-electron chi connectivity index (χ3n) is 5.73. The Balaban J connectivity index is 1.54. The van der Waals surface area contributed by atoms with Crippen molar-refractivity contribution < 1.29 is 14.7 Å². The number of carboxylic acids is 1. The summed E-state index contributed by atoms with van der Waals surface area (Å²) in [5.41, 5.74) is 0.822. The number of imidazole rings is 1. The molecule has 0 radical (unpaired) electrons. The summed E-state index contributed by atoms with van der Waals surface area (Å²) in [6, 6.07) is 18.8. The third kappa shape index (κ3) is 3.99. The number of aryl methyl sites for hydroxylation is 1. The number of unbranched alkanes of at least 4 members (excludes halogenated alkanes) is 1. The molecule has 7 nitrogen and oxygen atoms in total. The van der Waals surface area contributed by atoms with Crippen molar-refractivity contribution in [3.63, 3.8) is 0 Å². The topological polar surface area (TPSA) is 96.6 Å². The van der Waals surface area contributed by atoms with E-state index in [2.05, 4.69) is 15.3 Å². The van der Waals surface area contributed by atoms with Crippen molar-refractivity contribution in [2.45, 2.75) is 31.2 Å². The Morgan fingerprint density at radius 2 is 1.68 bits per heavy atom. The van der Waals surface area contributed by atoms with Crippen LogP contribution >= 0.6 is 0 Å². The van der Waals surface area contributed by atoms with Gasteiger partial charge in [-0.3, -0.25) is 14.6 Å². The number of carbonyl (C=O) groups excluding carboxylic acids is 1. The zero-order valence-electron chi connectivity index (χ0n) is 17.1. The van der Waals surface area contributed by atoms with Gasteiger partial charge in [-0.25, -0.2) is 4.98 Å². The first-order valence-electron chi connectivity index (χ1n) is 10.3. The predicted molar refractivity (Wildman–Crippen MR) is 119 cm³/mol. The molecule has 0 atom stereocenters. The van der Waals surface area contributed by atoms with Gasteiger partial charge in [0.05, 0.1) is 12.7 Å². The minimum absolute atomic E-state index is 0.0896. The maximum absolute atomic E-state index is 12.6. The summed E-state index contributed by atoms with van der Waals surface area (Å²) in [6.07, 6.45) is 5.05. The van der Waals surface area contributed by atoms with Crippen LogP contribution in [0.15, 0.2) is 72.0 Å². The average molecular weight is 416 g/mol. The van der Waals surface area contributed by atoms with Gasteiger partial charge in [-0.05, 0) is 30.4 Å². The minimum Gasteiger partial charge on any atom is -0.480 e. The van der Waals surface area contributed by atoms with Gasteiger partial charge in [0.25, 0.3) is 0 Å². The molecule has 2 heterocycles. The molecule has 7 heteroatoms. The Kier molecular flexibility index (Phi) is 5.93. The Morgan fingerprint density at radius 1 is 1.03 bits per heavy atom. The largest absolute Gasteiger partial charge is 0.480 e. The molecular formula is C24H24N4O3. The van der Waals surface area contributed by atoms with Crippen LogP contribution in [0.25, 0.3) is 0 Å². The van der Waals surface area contributed by atoms with Gasteiger partial charge in [0, 0.05) is 6.54 Å². The highest BCUT2D eigenvalue weighted by Crippen LogP contribution is 2.37. The van der Waals surface area contributed by atoms with E-state index < -0.39 is 11.4 Å². The van der Waals surface area contributed by atoms with Gasteiger partial charge in [-0.1, -0.05) is 60.7 Å². The molecule has 0 unspecified atom stereocenters. The van der Waals surface area contributed by atoms with E-state index in [1.54, 1.807) is 6.33 Å². The van der Waals surface area contributed by atoms with Gasteiger partial charge in [0.1, 0.15) is 17.8 Å². The molecule has 0 spiro atoms. The van der Waals surface area contributed by atoms with Crippen molar-refractivity contribution in [3.05, 3.63) is 83.8 Å². The quantitative estimate of drug-likeness (QED) is 0.545. The third-order valence-corrected chi connectivity index (χ3v) is 5.73. The molecule has 1 aliphatic heterocycles. The predicted octanol–water partition coefficient (Wildman–Crippen LogP) is 3.76. The number of aliphatic carboxylic acids is 1. The number of carboxylic acid groups (broad SMARTS) is 1. The molecule has 1 aliphatic rings. The fourth-order valence-electron chi connectivity index (χ4n) is 4.14. The second-order valence-electron chi connectivity index (χ2n) is 7.57. The molecule has 0 aliphatic carbocycles. The summed E-state index contributed by atoms with van der Waals surface area (Å²) in [5.74, 6) is -0.334. The maximum Gasteiger partial charge on any atom is 0.318 e. The summed E-state index contributed by atoms with van der Waals surface area (Å²) < 4.78 is 1.89. The highest BCUT2D eigenvalue weighted by molar-refractivity contribution is 6.04. The van der Waals surface area contributed by atoms with E-state index in [0.29, 0.717) is 30.9 Å². The minimum atomic E-state index is -1.12. The number of anilines is 1. The number of aromatic nitrogens is 2. The lowest BCUT2D eigenvalue weighted by molar-refractivity contribution is -0.142. The van der Waals surface area contributed by atoms with E-state index in [0.717, 1.165) is 17.5 Å².